The van der Waals surface area contributed by atoms with Gasteiger partial charge in [-0.3, -0.25) is 4.79 Å². The zero-order valence-corrected chi connectivity index (χ0v) is 7.91. The summed E-state index contributed by atoms with van der Waals surface area (Å²) in [5, 5.41) is 0. The van der Waals surface area contributed by atoms with Gasteiger partial charge in [0, 0.05) is 5.92 Å². The standard InChI is InChI=1S/C11H13O2/c1-3-13-11-6-4-5-10(7-11)9(2)8-12/h4-7,9H,3H2,1-2H3. The van der Waals surface area contributed by atoms with Crippen LogP contribution in [-0.4, -0.2) is 12.9 Å². The summed E-state index contributed by atoms with van der Waals surface area (Å²) in [6, 6.07) is 7.54. The molecule has 0 heterocycles. The largest absolute Gasteiger partial charge is 0.494 e. The molecule has 0 aromatic heterocycles. The summed E-state index contributed by atoms with van der Waals surface area (Å²) in [6.45, 7) is 4.39. The van der Waals surface area contributed by atoms with Crippen molar-refractivity contribution in [1.29, 1.82) is 0 Å². The molecule has 2 heteroatoms. The van der Waals surface area contributed by atoms with Crippen molar-refractivity contribution in [1.82, 2.24) is 0 Å². The van der Waals surface area contributed by atoms with Crippen molar-refractivity contribution in [2.75, 3.05) is 6.61 Å². The van der Waals surface area contributed by atoms with E-state index < -0.39 is 0 Å². The Morgan fingerprint density at radius 1 is 1.54 bits per heavy atom. The van der Waals surface area contributed by atoms with Crippen LogP contribution in [0, 0.1) is 0 Å². The van der Waals surface area contributed by atoms with Crippen LogP contribution >= 0.6 is 0 Å². The van der Waals surface area contributed by atoms with Gasteiger partial charge in [-0.1, -0.05) is 19.1 Å². The van der Waals surface area contributed by atoms with E-state index in [0.29, 0.717) is 6.61 Å². The summed E-state index contributed by atoms with van der Waals surface area (Å²) in [5.74, 6) is 0.627. The summed E-state index contributed by atoms with van der Waals surface area (Å²) in [6.07, 6.45) is 1.94. The fourth-order valence-corrected chi connectivity index (χ4v) is 1.11. The highest BCUT2D eigenvalue weighted by Gasteiger charge is 2.04. The number of hydrogen-bond donors (Lipinski definition) is 0. The van der Waals surface area contributed by atoms with Gasteiger partial charge in [0.1, 0.15) is 5.75 Å². The third-order valence-corrected chi connectivity index (χ3v) is 1.85. The average molecular weight is 177 g/mol. The Hall–Kier alpha value is -1.31. The third kappa shape index (κ3) is 2.58. The van der Waals surface area contributed by atoms with Crippen molar-refractivity contribution in [3.63, 3.8) is 0 Å². The lowest BCUT2D eigenvalue weighted by molar-refractivity contribution is 0.340. The smallest absolute Gasteiger partial charge is 0.206 e. The maximum Gasteiger partial charge on any atom is 0.206 e. The van der Waals surface area contributed by atoms with Gasteiger partial charge in [-0.05, 0) is 24.6 Å². The highest BCUT2D eigenvalue weighted by molar-refractivity contribution is 5.62. The maximum absolute atomic E-state index is 10.4. The number of hydrogen-bond acceptors (Lipinski definition) is 2. The molecule has 1 atom stereocenters. The summed E-state index contributed by atoms with van der Waals surface area (Å²) in [7, 11) is 0. The van der Waals surface area contributed by atoms with Gasteiger partial charge in [0.05, 0.1) is 6.61 Å². The van der Waals surface area contributed by atoms with Crippen LogP contribution in [0.3, 0.4) is 0 Å². The van der Waals surface area contributed by atoms with Crippen LogP contribution in [0.5, 0.6) is 5.75 Å². The van der Waals surface area contributed by atoms with Gasteiger partial charge in [0.25, 0.3) is 0 Å². The zero-order chi connectivity index (χ0) is 9.68. The van der Waals surface area contributed by atoms with E-state index >= 15 is 0 Å². The van der Waals surface area contributed by atoms with Crippen LogP contribution in [0.4, 0.5) is 0 Å². The fourth-order valence-electron chi connectivity index (χ4n) is 1.11. The van der Waals surface area contributed by atoms with E-state index in [4.69, 9.17) is 4.74 Å². The van der Waals surface area contributed by atoms with Gasteiger partial charge >= 0.3 is 0 Å². The van der Waals surface area contributed by atoms with Crippen molar-refractivity contribution in [3.8, 4) is 5.75 Å². The average Bonchev–Trinajstić information content (AvgIpc) is 2.18. The minimum absolute atomic E-state index is 0.180. The van der Waals surface area contributed by atoms with Crippen LogP contribution in [0.2, 0.25) is 0 Å². The molecular formula is C11H13O2. The first-order valence-corrected chi connectivity index (χ1v) is 4.38. The molecule has 1 aromatic rings. The molecule has 0 fully saturated rings. The summed E-state index contributed by atoms with van der Waals surface area (Å²) in [5.41, 5.74) is 0.945. The first-order chi connectivity index (χ1) is 6.27. The van der Waals surface area contributed by atoms with Crippen molar-refractivity contribution >= 4 is 6.29 Å². The molecule has 0 aliphatic carbocycles. The Bertz CT molecular complexity index is 281. The molecule has 0 N–H and O–H groups in total. The maximum atomic E-state index is 10.4. The van der Waals surface area contributed by atoms with Crippen molar-refractivity contribution in [3.05, 3.63) is 29.8 Å². The second kappa shape index (κ2) is 4.65. The fraction of sp³-hybridized carbons (Fsp3) is 0.364. The Morgan fingerprint density at radius 3 is 2.92 bits per heavy atom. The minimum atomic E-state index is -0.180. The molecule has 0 aliphatic heterocycles. The van der Waals surface area contributed by atoms with Crippen molar-refractivity contribution in [2.24, 2.45) is 0 Å². The molecule has 0 spiro atoms. The highest BCUT2D eigenvalue weighted by Crippen LogP contribution is 2.19. The number of rotatable bonds is 4. The molecule has 69 valence electrons. The lowest BCUT2D eigenvalue weighted by atomic mass is 10.0. The Balaban J connectivity index is 2.84. The second-order valence-electron chi connectivity index (χ2n) is 2.85. The summed E-state index contributed by atoms with van der Waals surface area (Å²) >= 11 is 0. The molecule has 2 nitrogen and oxygen atoms in total. The molecule has 1 rings (SSSR count). The molecule has 0 saturated carbocycles. The molecule has 13 heavy (non-hydrogen) atoms. The van der Waals surface area contributed by atoms with E-state index in [1.165, 1.54) is 0 Å². The van der Waals surface area contributed by atoms with E-state index in [0.717, 1.165) is 11.3 Å². The van der Waals surface area contributed by atoms with Gasteiger partial charge in [0.15, 0.2) is 0 Å². The second-order valence-corrected chi connectivity index (χ2v) is 2.85. The highest BCUT2D eigenvalue weighted by atomic mass is 16.5. The quantitative estimate of drug-likeness (QED) is 0.705. The molecule has 1 radical (unpaired) electrons. The predicted molar refractivity (Wildman–Crippen MR) is 51.7 cm³/mol. The van der Waals surface area contributed by atoms with Gasteiger partial charge in [0.2, 0.25) is 6.29 Å². The van der Waals surface area contributed by atoms with Gasteiger partial charge in [-0.15, -0.1) is 0 Å². The molecule has 0 amide bonds. The Morgan fingerprint density at radius 2 is 2.31 bits per heavy atom. The van der Waals surface area contributed by atoms with Crippen LogP contribution in [0.25, 0.3) is 0 Å². The van der Waals surface area contributed by atoms with Crippen LogP contribution < -0.4 is 4.74 Å². The zero-order valence-electron chi connectivity index (χ0n) is 7.91. The van der Waals surface area contributed by atoms with E-state index in [1.54, 1.807) is 0 Å². The summed E-state index contributed by atoms with van der Waals surface area (Å²) in [4.78, 5) is 10.4. The SMILES string of the molecule is CCOc1cccc(C(C)[C]=O)c1. The van der Waals surface area contributed by atoms with Crippen molar-refractivity contribution < 1.29 is 9.53 Å². The van der Waals surface area contributed by atoms with E-state index in [1.807, 2.05) is 44.4 Å². The Labute approximate surface area is 78.5 Å². The van der Waals surface area contributed by atoms with Crippen LogP contribution in [0.15, 0.2) is 24.3 Å². The van der Waals surface area contributed by atoms with E-state index in [2.05, 4.69) is 0 Å². The summed E-state index contributed by atoms with van der Waals surface area (Å²) < 4.78 is 5.31. The molecule has 1 unspecified atom stereocenters. The van der Waals surface area contributed by atoms with Gasteiger partial charge in [-0.25, -0.2) is 0 Å². The minimum Gasteiger partial charge on any atom is -0.494 e. The Kier molecular flexibility index (Phi) is 3.50. The number of ether oxygens (including phenoxy) is 1. The lowest BCUT2D eigenvalue weighted by Crippen LogP contribution is -1.96. The van der Waals surface area contributed by atoms with Crippen LogP contribution in [-0.2, 0) is 4.79 Å². The first-order valence-electron chi connectivity index (χ1n) is 4.38. The number of benzene rings is 1. The predicted octanol–water partition coefficient (Wildman–Crippen LogP) is 2.30. The van der Waals surface area contributed by atoms with Crippen LogP contribution in [0.1, 0.15) is 25.3 Å². The lowest BCUT2D eigenvalue weighted by Gasteiger charge is -2.06. The monoisotopic (exact) mass is 177 g/mol. The van der Waals surface area contributed by atoms with E-state index in [9.17, 15) is 4.79 Å². The molecule has 0 aliphatic rings. The normalized spacial score (nSPS) is 12.2. The number of carbonyl (C=O) groups excluding carboxylic acids is 1. The third-order valence-electron chi connectivity index (χ3n) is 1.85. The molecule has 1 aromatic carbocycles. The van der Waals surface area contributed by atoms with Gasteiger partial charge in [-0.2, -0.15) is 0 Å². The van der Waals surface area contributed by atoms with Crippen molar-refractivity contribution in [2.45, 2.75) is 19.8 Å². The van der Waals surface area contributed by atoms with E-state index in [-0.39, 0.29) is 5.92 Å². The first kappa shape index (κ1) is 9.78. The topological polar surface area (TPSA) is 26.3 Å². The molecule has 0 bridgehead atoms. The molecular weight excluding hydrogens is 164 g/mol. The van der Waals surface area contributed by atoms with Gasteiger partial charge < -0.3 is 4.74 Å². The molecule has 0 saturated heterocycles.